The molecule has 0 radical (unpaired) electrons. The van der Waals surface area contributed by atoms with Crippen LogP contribution in [0.4, 0.5) is 14.6 Å². The smallest absolute Gasteiger partial charge is 0.350 e. The highest BCUT2D eigenvalue weighted by atomic mass is 35.5. The van der Waals surface area contributed by atoms with Crippen molar-refractivity contribution in [1.29, 1.82) is 0 Å². The molecule has 0 N–H and O–H groups in total. The van der Waals surface area contributed by atoms with E-state index in [1.807, 2.05) is 18.7 Å². The first kappa shape index (κ1) is 31.4. The van der Waals surface area contributed by atoms with Crippen LogP contribution in [0.3, 0.4) is 0 Å². The Labute approximate surface area is 266 Å². The van der Waals surface area contributed by atoms with Crippen LogP contribution in [0.5, 0.6) is 5.75 Å². The van der Waals surface area contributed by atoms with Gasteiger partial charge in [0.2, 0.25) is 5.91 Å². The van der Waals surface area contributed by atoms with Crippen LogP contribution in [0.15, 0.2) is 41.7 Å². The minimum absolute atomic E-state index is 0.0781. The molecular formula is C33H38ClF2N5O4. The molecular weight excluding hydrogens is 604 g/mol. The van der Waals surface area contributed by atoms with Gasteiger partial charge in [-0.1, -0.05) is 18.2 Å². The van der Waals surface area contributed by atoms with E-state index in [0.717, 1.165) is 38.5 Å². The summed E-state index contributed by atoms with van der Waals surface area (Å²) in [7, 11) is 1.74. The van der Waals surface area contributed by atoms with Crippen molar-refractivity contribution in [2.45, 2.75) is 57.3 Å². The molecule has 1 amide bonds. The second-order valence-electron chi connectivity index (χ2n) is 12.3. The van der Waals surface area contributed by atoms with Crippen molar-refractivity contribution in [3.05, 3.63) is 64.1 Å². The molecule has 1 aromatic heterocycles. The third kappa shape index (κ3) is 5.81. The SMILES string of the molecule is C=CC(=O)N1C[C@H](C)N(c2nc(=O)n3c4c(c(-c5ccc(F)cc5F)c(Cl)cc24)OC[C@H]3CCCN2CC[C@H](OC)C2)C[C@H]1C. The minimum Gasteiger partial charge on any atom is -0.488 e. The molecule has 45 heavy (non-hydrogen) atoms. The quantitative estimate of drug-likeness (QED) is 0.319. The maximum Gasteiger partial charge on any atom is 0.350 e. The molecule has 3 aliphatic heterocycles. The number of amides is 1. The molecule has 0 bridgehead atoms. The van der Waals surface area contributed by atoms with E-state index in [1.165, 1.54) is 18.2 Å². The van der Waals surface area contributed by atoms with Crippen LogP contribution in [-0.4, -0.2) is 89.9 Å². The van der Waals surface area contributed by atoms with Gasteiger partial charge in [0, 0.05) is 68.0 Å². The van der Waals surface area contributed by atoms with Gasteiger partial charge in [-0.15, -0.1) is 0 Å². The van der Waals surface area contributed by atoms with E-state index in [9.17, 15) is 14.0 Å². The molecule has 2 fully saturated rings. The summed E-state index contributed by atoms with van der Waals surface area (Å²) >= 11 is 6.87. The number of aromatic nitrogens is 2. The molecule has 9 nitrogen and oxygen atoms in total. The number of rotatable bonds is 8. The van der Waals surface area contributed by atoms with Gasteiger partial charge >= 0.3 is 5.69 Å². The Morgan fingerprint density at radius 2 is 2.00 bits per heavy atom. The zero-order chi connectivity index (χ0) is 32.0. The van der Waals surface area contributed by atoms with Gasteiger partial charge < -0.3 is 24.2 Å². The van der Waals surface area contributed by atoms with Crippen LogP contribution >= 0.6 is 11.6 Å². The molecule has 2 saturated heterocycles. The van der Waals surface area contributed by atoms with Crippen molar-refractivity contribution in [3.63, 3.8) is 0 Å². The van der Waals surface area contributed by atoms with E-state index in [0.29, 0.717) is 36.2 Å². The lowest BCUT2D eigenvalue weighted by atomic mass is 9.98. The predicted molar refractivity (Wildman–Crippen MR) is 170 cm³/mol. The zero-order valence-corrected chi connectivity index (χ0v) is 26.5. The second-order valence-corrected chi connectivity index (χ2v) is 12.7. The van der Waals surface area contributed by atoms with E-state index in [2.05, 4.69) is 16.5 Å². The summed E-state index contributed by atoms with van der Waals surface area (Å²) in [5, 5.41) is 0.785. The molecule has 0 spiro atoms. The lowest BCUT2D eigenvalue weighted by Crippen LogP contribution is -2.58. The third-order valence-electron chi connectivity index (χ3n) is 9.37. The van der Waals surface area contributed by atoms with Gasteiger partial charge in [-0.3, -0.25) is 9.36 Å². The number of piperazine rings is 1. The zero-order valence-electron chi connectivity index (χ0n) is 25.8. The van der Waals surface area contributed by atoms with Crippen molar-refractivity contribution in [3.8, 4) is 16.9 Å². The first-order valence-corrected chi connectivity index (χ1v) is 15.8. The fourth-order valence-electron chi connectivity index (χ4n) is 7.02. The number of methoxy groups -OCH3 is 1. The topological polar surface area (TPSA) is 80.1 Å². The molecule has 240 valence electrons. The molecule has 0 aliphatic carbocycles. The minimum atomic E-state index is -0.785. The van der Waals surface area contributed by atoms with E-state index in [-0.39, 0.29) is 58.6 Å². The number of anilines is 1. The Hall–Kier alpha value is -3.54. The predicted octanol–water partition coefficient (Wildman–Crippen LogP) is 5.04. The summed E-state index contributed by atoms with van der Waals surface area (Å²) in [5.74, 6) is -0.956. The van der Waals surface area contributed by atoms with Crippen LogP contribution in [0.1, 0.15) is 39.2 Å². The van der Waals surface area contributed by atoms with Crippen LogP contribution in [0.25, 0.3) is 22.0 Å². The molecule has 4 heterocycles. The number of ether oxygens (including phenoxy) is 2. The Balaban J connectivity index is 1.44. The number of likely N-dealkylation sites (tertiary alicyclic amines) is 1. The summed E-state index contributed by atoms with van der Waals surface area (Å²) in [4.78, 5) is 37.2. The van der Waals surface area contributed by atoms with Crippen LogP contribution in [-0.2, 0) is 9.53 Å². The van der Waals surface area contributed by atoms with Crippen LogP contribution in [0.2, 0.25) is 5.02 Å². The molecule has 6 rings (SSSR count). The summed E-state index contributed by atoms with van der Waals surface area (Å²) < 4.78 is 42.6. The standard InChI is InChI=1S/C33H38ClF2N5O4/c1-5-28(42)39-15-20(3)40(16-19(39)2)32-25-14-26(34)29(24-9-8-21(35)13-27(24)36)31-30(25)41(33(43)37-32)22(18-45-31)7-6-11-38-12-10-23(17-38)44-4/h5,8-9,13-14,19-20,22-23H,1,6-7,10-12,15-18H2,2-4H3/t19-,20+,22-,23+/m1/s1. The number of hydrogen-bond acceptors (Lipinski definition) is 7. The largest absolute Gasteiger partial charge is 0.488 e. The number of carbonyl (C=O) groups excluding carboxylic acids is 1. The summed E-state index contributed by atoms with van der Waals surface area (Å²) in [5.41, 5.74) is 0.379. The Morgan fingerprint density at radius 3 is 2.71 bits per heavy atom. The number of benzene rings is 2. The highest BCUT2D eigenvalue weighted by Gasteiger charge is 2.36. The lowest BCUT2D eigenvalue weighted by molar-refractivity contribution is -0.128. The fourth-order valence-corrected chi connectivity index (χ4v) is 7.32. The van der Waals surface area contributed by atoms with Crippen molar-refractivity contribution in [1.82, 2.24) is 19.4 Å². The third-order valence-corrected chi connectivity index (χ3v) is 9.67. The van der Waals surface area contributed by atoms with E-state index >= 15 is 4.39 Å². The van der Waals surface area contributed by atoms with Gasteiger partial charge in [0.25, 0.3) is 0 Å². The maximum absolute atomic E-state index is 15.2. The van der Waals surface area contributed by atoms with Crippen molar-refractivity contribution < 1.29 is 23.0 Å². The van der Waals surface area contributed by atoms with Crippen molar-refractivity contribution in [2.24, 2.45) is 0 Å². The molecule has 3 aliphatic rings. The van der Waals surface area contributed by atoms with Gasteiger partial charge in [0.05, 0.1) is 22.7 Å². The maximum atomic E-state index is 15.2. The molecule has 3 aromatic rings. The Bertz CT molecular complexity index is 1700. The average molecular weight is 642 g/mol. The normalized spacial score (nSPS) is 23.4. The average Bonchev–Trinajstić information content (AvgIpc) is 3.48. The summed E-state index contributed by atoms with van der Waals surface area (Å²) in [6, 6.07) is 4.34. The molecule has 4 atom stereocenters. The van der Waals surface area contributed by atoms with Gasteiger partial charge in [0.1, 0.15) is 24.1 Å². The molecule has 0 unspecified atom stereocenters. The highest BCUT2D eigenvalue weighted by Crippen LogP contribution is 2.47. The van der Waals surface area contributed by atoms with E-state index < -0.39 is 17.3 Å². The van der Waals surface area contributed by atoms with Crippen molar-refractivity contribution in [2.75, 3.05) is 51.3 Å². The fraction of sp³-hybridized carbons (Fsp3) is 0.485. The number of nitrogens with zero attached hydrogens (tertiary/aromatic N) is 5. The van der Waals surface area contributed by atoms with Gasteiger partial charge in [-0.25, -0.2) is 13.6 Å². The first-order chi connectivity index (χ1) is 21.6. The summed E-state index contributed by atoms with van der Waals surface area (Å²) in [6.07, 6.45) is 4.04. The van der Waals surface area contributed by atoms with Gasteiger partial charge in [-0.2, -0.15) is 4.98 Å². The van der Waals surface area contributed by atoms with Crippen molar-refractivity contribution >= 4 is 34.2 Å². The first-order valence-electron chi connectivity index (χ1n) is 15.4. The monoisotopic (exact) mass is 641 g/mol. The molecule has 12 heteroatoms. The van der Waals surface area contributed by atoms with E-state index in [4.69, 9.17) is 21.1 Å². The Kier molecular flexibility index (Phi) is 8.87. The highest BCUT2D eigenvalue weighted by molar-refractivity contribution is 6.35. The van der Waals surface area contributed by atoms with Gasteiger partial charge in [-0.05, 0) is 63.9 Å². The number of hydrogen-bond donors (Lipinski definition) is 0. The molecule has 0 saturated carbocycles. The number of carbonyl (C=O) groups is 1. The Morgan fingerprint density at radius 1 is 1.20 bits per heavy atom. The lowest BCUT2D eigenvalue weighted by Gasteiger charge is -2.45. The van der Waals surface area contributed by atoms with E-state index in [1.54, 1.807) is 22.6 Å². The van der Waals surface area contributed by atoms with Gasteiger partial charge in [0.15, 0.2) is 5.75 Å². The molecule has 2 aromatic carbocycles. The van der Waals surface area contributed by atoms with Crippen LogP contribution < -0.4 is 15.3 Å². The number of halogens is 3. The summed E-state index contributed by atoms with van der Waals surface area (Å²) in [6.45, 7) is 11.3. The van der Waals surface area contributed by atoms with Crippen LogP contribution in [0, 0.1) is 11.6 Å². The second kappa shape index (κ2) is 12.7.